The molecule has 4 rings (SSSR count). The lowest BCUT2D eigenvalue weighted by molar-refractivity contribution is -0.384. The van der Waals surface area contributed by atoms with Crippen LogP contribution in [0.4, 0.5) is 11.4 Å². The van der Waals surface area contributed by atoms with Crippen LogP contribution in [0.15, 0.2) is 76.2 Å². The van der Waals surface area contributed by atoms with Gasteiger partial charge in [0, 0.05) is 18.6 Å². The van der Waals surface area contributed by atoms with E-state index < -0.39 is 0 Å². The predicted molar refractivity (Wildman–Crippen MR) is 99.4 cm³/mol. The lowest BCUT2D eigenvalue weighted by atomic mass is 10.0. The Hall–Kier alpha value is -3.41. The molecule has 6 heteroatoms. The molecular weight excluding hydrogens is 330 g/mol. The zero-order valence-electron chi connectivity index (χ0n) is 14.2. The van der Waals surface area contributed by atoms with Crippen LogP contribution in [-0.4, -0.2) is 10.6 Å². The van der Waals surface area contributed by atoms with Gasteiger partial charge in [-0.15, -0.1) is 0 Å². The summed E-state index contributed by atoms with van der Waals surface area (Å²) in [5.74, 6) is 1.60. The van der Waals surface area contributed by atoms with Gasteiger partial charge in [0.2, 0.25) is 0 Å². The van der Waals surface area contributed by atoms with Crippen LogP contribution in [0.25, 0.3) is 0 Å². The lowest BCUT2D eigenvalue weighted by Crippen LogP contribution is -2.18. The number of nitrogens with zero attached hydrogens (tertiary/aromatic N) is 3. The zero-order valence-corrected chi connectivity index (χ0v) is 14.2. The van der Waals surface area contributed by atoms with Crippen LogP contribution in [0.5, 0.6) is 0 Å². The van der Waals surface area contributed by atoms with E-state index in [1.165, 1.54) is 12.1 Å². The Balaban J connectivity index is 1.71. The van der Waals surface area contributed by atoms with Crippen molar-refractivity contribution in [3.05, 3.63) is 93.9 Å². The van der Waals surface area contributed by atoms with Crippen molar-refractivity contribution in [3.8, 4) is 0 Å². The second-order valence-electron chi connectivity index (χ2n) is 6.21. The summed E-state index contributed by atoms with van der Waals surface area (Å²) in [5.41, 5.74) is 2.89. The molecule has 1 atom stereocenters. The molecule has 2 aromatic carbocycles. The first-order chi connectivity index (χ1) is 12.6. The molecule has 0 radical (unpaired) electrons. The molecule has 1 aromatic heterocycles. The molecule has 1 unspecified atom stereocenters. The smallest absolute Gasteiger partial charge is 0.269 e. The molecule has 0 spiro atoms. The van der Waals surface area contributed by atoms with Gasteiger partial charge in [0.1, 0.15) is 17.2 Å². The number of para-hydroxylation sites is 1. The molecular formula is C20H17N3O3. The third-order valence-electron chi connectivity index (χ3n) is 4.44. The Labute approximate surface area is 150 Å². The number of benzene rings is 2. The molecule has 2 heterocycles. The van der Waals surface area contributed by atoms with E-state index in [2.05, 4.69) is 0 Å². The summed E-state index contributed by atoms with van der Waals surface area (Å²) < 4.78 is 5.74. The minimum atomic E-state index is -0.388. The second-order valence-corrected chi connectivity index (χ2v) is 6.21. The van der Waals surface area contributed by atoms with Crippen molar-refractivity contribution in [1.29, 1.82) is 0 Å². The Morgan fingerprint density at radius 1 is 1.08 bits per heavy atom. The minimum absolute atomic E-state index is 0.0430. The van der Waals surface area contributed by atoms with Gasteiger partial charge in [0.15, 0.2) is 0 Å². The highest BCUT2D eigenvalue weighted by Crippen LogP contribution is 2.37. The lowest BCUT2D eigenvalue weighted by Gasteiger charge is -2.23. The molecule has 0 bridgehead atoms. The predicted octanol–water partition coefficient (Wildman–Crippen LogP) is 4.85. The van der Waals surface area contributed by atoms with Crippen molar-refractivity contribution in [1.82, 2.24) is 0 Å². The maximum absolute atomic E-state index is 10.9. The van der Waals surface area contributed by atoms with E-state index in [1.54, 1.807) is 12.1 Å². The number of rotatable bonds is 4. The van der Waals surface area contributed by atoms with E-state index in [0.717, 1.165) is 28.5 Å². The fourth-order valence-corrected chi connectivity index (χ4v) is 3.15. The van der Waals surface area contributed by atoms with Crippen LogP contribution < -0.4 is 5.01 Å². The van der Waals surface area contributed by atoms with E-state index in [0.29, 0.717) is 6.42 Å². The largest absolute Gasteiger partial charge is 0.460 e. The topological polar surface area (TPSA) is 71.9 Å². The Kier molecular flexibility index (Phi) is 4.01. The van der Waals surface area contributed by atoms with Gasteiger partial charge in [-0.25, -0.2) is 0 Å². The number of nitro groups is 1. The normalized spacial score (nSPS) is 16.6. The molecule has 26 heavy (non-hydrogen) atoms. The molecule has 0 saturated carbocycles. The molecule has 6 nitrogen and oxygen atoms in total. The maximum atomic E-state index is 10.9. The van der Waals surface area contributed by atoms with Crippen LogP contribution >= 0.6 is 0 Å². The van der Waals surface area contributed by atoms with Crippen LogP contribution in [0.2, 0.25) is 0 Å². The summed E-state index contributed by atoms with van der Waals surface area (Å²) in [6.07, 6.45) is 0.666. The molecule has 0 amide bonds. The first-order valence-electron chi connectivity index (χ1n) is 8.35. The standard InChI is InChI=1S/C20H17N3O3/c1-14-7-12-20(26-14)18-13-19(15-8-10-17(11-9-15)23(24)25)22(21-18)16-5-3-2-4-6-16/h2-12,19H,13H2,1H3. The van der Waals surface area contributed by atoms with Crippen molar-refractivity contribution in [2.45, 2.75) is 19.4 Å². The van der Waals surface area contributed by atoms with E-state index in [1.807, 2.05) is 54.4 Å². The van der Waals surface area contributed by atoms with Crippen molar-refractivity contribution in [2.75, 3.05) is 5.01 Å². The highest BCUT2D eigenvalue weighted by atomic mass is 16.6. The summed E-state index contributed by atoms with van der Waals surface area (Å²) in [7, 11) is 0. The summed E-state index contributed by atoms with van der Waals surface area (Å²) in [6.45, 7) is 1.90. The van der Waals surface area contributed by atoms with Crippen molar-refractivity contribution >= 4 is 17.1 Å². The van der Waals surface area contributed by atoms with Crippen molar-refractivity contribution < 1.29 is 9.34 Å². The first-order valence-corrected chi connectivity index (χ1v) is 8.35. The Bertz CT molecular complexity index is 961. The van der Waals surface area contributed by atoms with E-state index in [-0.39, 0.29) is 16.7 Å². The fraction of sp³-hybridized carbons (Fsp3) is 0.150. The number of aryl methyl sites for hydroxylation is 1. The monoisotopic (exact) mass is 347 g/mol. The van der Waals surface area contributed by atoms with Crippen LogP contribution in [0.1, 0.15) is 29.5 Å². The van der Waals surface area contributed by atoms with E-state index in [4.69, 9.17) is 9.52 Å². The zero-order chi connectivity index (χ0) is 18.1. The third-order valence-corrected chi connectivity index (χ3v) is 4.44. The number of furan rings is 1. The van der Waals surface area contributed by atoms with E-state index >= 15 is 0 Å². The number of anilines is 1. The fourth-order valence-electron chi connectivity index (χ4n) is 3.15. The van der Waals surface area contributed by atoms with Gasteiger partial charge in [-0.1, -0.05) is 30.3 Å². The quantitative estimate of drug-likeness (QED) is 0.499. The molecule has 1 aliphatic rings. The van der Waals surface area contributed by atoms with Gasteiger partial charge < -0.3 is 4.42 Å². The van der Waals surface area contributed by atoms with Gasteiger partial charge in [0.05, 0.1) is 16.7 Å². The first kappa shape index (κ1) is 16.1. The summed E-state index contributed by atoms with van der Waals surface area (Å²) in [6, 6.07) is 20.4. The highest BCUT2D eigenvalue weighted by Gasteiger charge is 2.31. The molecule has 0 N–H and O–H groups in total. The van der Waals surface area contributed by atoms with Crippen molar-refractivity contribution in [2.24, 2.45) is 5.10 Å². The molecule has 3 aromatic rings. The number of hydrogen-bond donors (Lipinski definition) is 0. The van der Waals surface area contributed by atoms with Gasteiger partial charge >= 0.3 is 0 Å². The average Bonchev–Trinajstić information content (AvgIpc) is 3.29. The summed E-state index contributed by atoms with van der Waals surface area (Å²) >= 11 is 0. The number of nitro benzene ring substituents is 1. The second kappa shape index (κ2) is 6.48. The highest BCUT2D eigenvalue weighted by molar-refractivity contribution is 6.01. The molecule has 0 aliphatic carbocycles. The van der Waals surface area contributed by atoms with Gasteiger partial charge in [0.25, 0.3) is 5.69 Å². The molecule has 0 saturated heterocycles. The Morgan fingerprint density at radius 2 is 1.81 bits per heavy atom. The Morgan fingerprint density at radius 3 is 2.42 bits per heavy atom. The van der Waals surface area contributed by atoms with Gasteiger partial charge in [-0.2, -0.15) is 5.10 Å². The number of hydrogen-bond acceptors (Lipinski definition) is 5. The van der Waals surface area contributed by atoms with Crippen LogP contribution in [0.3, 0.4) is 0 Å². The third kappa shape index (κ3) is 2.97. The van der Waals surface area contributed by atoms with Crippen molar-refractivity contribution in [3.63, 3.8) is 0 Å². The molecule has 0 fully saturated rings. The van der Waals surface area contributed by atoms with E-state index in [9.17, 15) is 10.1 Å². The van der Waals surface area contributed by atoms with Gasteiger partial charge in [-0.05, 0) is 36.8 Å². The SMILES string of the molecule is Cc1ccc(C2=NN(c3ccccc3)C(c3ccc([N+](=O)[O-])cc3)C2)o1. The molecule has 130 valence electrons. The average molecular weight is 347 g/mol. The maximum Gasteiger partial charge on any atom is 0.269 e. The van der Waals surface area contributed by atoms with Crippen LogP contribution in [-0.2, 0) is 0 Å². The molecule has 1 aliphatic heterocycles. The van der Waals surface area contributed by atoms with Gasteiger partial charge in [-0.3, -0.25) is 15.1 Å². The number of non-ortho nitro benzene ring substituents is 1. The summed E-state index contributed by atoms with van der Waals surface area (Å²) in [4.78, 5) is 10.5. The summed E-state index contributed by atoms with van der Waals surface area (Å²) in [5, 5.41) is 17.7. The number of hydrazone groups is 1. The minimum Gasteiger partial charge on any atom is -0.460 e. The van der Waals surface area contributed by atoms with Crippen LogP contribution in [0, 0.1) is 17.0 Å².